The van der Waals surface area contributed by atoms with Crippen molar-refractivity contribution in [1.82, 2.24) is 19.4 Å². The smallest absolute Gasteiger partial charge is 0.159 e. The Morgan fingerprint density at radius 2 is 1.65 bits per heavy atom. The van der Waals surface area contributed by atoms with E-state index in [1.54, 1.807) is 0 Å². The highest BCUT2D eigenvalue weighted by molar-refractivity contribution is 5.84. The molecule has 0 fully saturated rings. The monoisotopic (exact) mass is 445 g/mol. The third-order valence-corrected chi connectivity index (χ3v) is 6.65. The number of benzene rings is 3. The van der Waals surface area contributed by atoms with Gasteiger partial charge in [-0.2, -0.15) is 0 Å². The fourth-order valence-corrected chi connectivity index (χ4v) is 4.86. The normalized spacial score (nSPS) is 13.8. The lowest BCUT2D eigenvalue weighted by Crippen LogP contribution is -2.31. The summed E-state index contributed by atoms with van der Waals surface area (Å²) in [6, 6.07) is 27.1. The lowest BCUT2D eigenvalue weighted by atomic mass is 10.1. The lowest BCUT2D eigenvalue weighted by Gasteiger charge is -2.27. The minimum atomic E-state index is 0.749. The number of nitrogens with two attached hydrogens (primary N) is 1. The van der Waals surface area contributed by atoms with Gasteiger partial charge in [-0.05, 0) is 53.4 Å². The van der Waals surface area contributed by atoms with E-state index in [0.717, 1.165) is 55.4 Å². The van der Waals surface area contributed by atoms with Crippen LogP contribution in [-0.2, 0) is 26.1 Å². The van der Waals surface area contributed by atoms with Gasteiger partial charge in [0.05, 0.1) is 5.69 Å². The first-order valence-corrected chi connectivity index (χ1v) is 11.8. The molecule has 0 atom stereocenters. The number of para-hydroxylation sites is 1. The van der Waals surface area contributed by atoms with Crippen LogP contribution in [0.5, 0.6) is 0 Å². The van der Waals surface area contributed by atoms with Crippen LogP contribution in [0.25, 0.3) is 22.3 Å². The first-order chi connectivity index (χ1) is 16.7. The van der Waals surface area contributed by atoms with Gasteiger partial charge >= 0.3 is 0 Å². The predicted molar refractivity (Wildman–Crippen MR) is 137 cm³/mol. The number of anilines is 1. The van der Waals surface area contributed by atoms with Crippen LogP contribution in [0.3, 0.4) is 0 Å². The Kier molecular flexibility index (Phi) is 5.32. The van der Waals surface area contributed by atoms with E-state index in [4.69, 9.17) is 10.7 Å². The molecular formula is C29H27N5. The zero-order valence-electron chi connectivity index (χ0n) is 19.1. The van der Waals surface area contributed by atoms with Crippen LogP contribution in [0.15, 0.2) is 91.3 Å². The van der Waals surface area contributed by atoms with Crippen molar-refractivity contribution in [1.29, 1.82) is 0 Å². The first kappa shape index (κ1) is 20.6. The number of nitrogens with zero attached hydrogens (tertiary/aromatic N) is 4. The molecule has 2 aromatic heterocycles. The summed E-state index contributed by atoms with van der Waals surface area (Å²) in [4.78, 5) is 12.0. The van der Waals surface area contributed by atoms with Gasteiger partial charge in [-0.1, -0.05) is 48.5 Å². The van der Waals surface area contributed by atoms with Crippen LogP contribution in [0, 0.1) is 0 Å². The Morgan fingerprint density at radius 3 is 2.50 bits per heavy atom. The fraction of sp³-hybridized carbons (Fsp3) is 0.172. The van der Waals surface area contributed by atoms with E-state index in [1.165, 1.54) is 27.6 Å². The van der Waals surface area contributed by atoms with Crippen molar-refractivity contribution in [3.63, 3.8) is 0 Å². The molecule has 6 rings (SSSR count). The summed E-state index contributed by atoms with van der Waals surface area (Å²) < 4.78 is 2.37. The topological polar surface area (TPSA) is 60.0 Å². The largest absolute Gasteiger partial charge is 0.399 e. The summed E-state index contributed by atoms with van der Waals surface area (Å²) in [5.74, 6) is 0.764. The molecule has 0 bridgehead atoms. The second-order valence-corrected chi connectivity index (χ2v) is 9.03. The molecule has 5 nitrogen and oxygen atoms in total. The molecule has 3 heterocycles. The molecule has 1 aliphatic rings. The molecule has 0 radical (unpaired) electrons. The fourth-order valence-electron chi connectivity index (χ4n) is 4.86. The van der Waals surface area contributed by atoms with Crippen LogP contribution < -0.4 is 5.73 Å². The average Bonchev–Trinajstić information content (AvgIpc) is 3.21. The summed E-state index contributed by atoms with van der Waals surface area (Å²) in [7, 11) is 0. The molecular weight excluding hydrogens is 418 g/mol. The molecule has 5 heteroatoms. The molecule has 3 aromatic carbocycles. The van der Waals surface area contributed by atoms with E-state index in [9.17, 15) is 0 Å². The van der Waals surface area contributed by atoms with Gasteiger partial charge in [0.15, 0.2) is 5.82 Å². The van der Waals surface area contributed by atoms with Gasteiger partial charge in [0.25, 0.3) is 0 Å². The van der Waals surface area contributed by atoms with Crippen molar-refractivity contribution < 1.29 is 0 Å². The molecule has 0 saturated carbocycles. The van der Waals surface area contributed by atoms with Crippen molar-refractivity contribution in [2.75, 3.05) is 12.3 Å². The maximum absolute atomic E-state index is 5.84. The Labute approximate surface area is 199 Å². The predicted octanol–water partition coefficient (Wildman–Crippen LogP) is 5.29. The number of aromatic nitrogens is 3. The third-order valence-electron chi connectivity index (χ3n) is 6.65. The second kappa shape index (κ2) is 8.76. The minimum Gasteiger partial charge on any atom is -0.399 e. The Morgan fingerprint density at radius 1 is 0.853 bits per heavy atom. The van der Waals surface area contributed by atoms with Crippen molar-refractivity contribution in [2.45, 2.75) is 26.1 Å². The van der Waals surface area contributed by atoms with Gasteiger partial charge in [-0.25, -0.2) is 9.97 Å². The van der Waals surface area contributed by atoms with Gasteiger partial charge in [0, 0.05) is 60.7 Å². The first-order valence-electron chi connectivity index (χ1n) is 11.8. The summed E-state index contributed by atoms with van der Waals surface area (Å²) >= 11 is 0. The van der Waals surface area contributed by atoms with Crippen LogP contribution in [0.2, 0.25) is 0 Å². The lowest BCUT2D eigenvalue weighted by molar-refractivity contribution is 0.242. The molecule has 1 aliphatic heterocycles. The summed E-state index contributed by atoms with van der Waals surface area (Å²) in [5.41, 5.74) is 13.9. The van der Waals surface area contributed by atoms with Gasteiger partial charge in [-0.3, -0.25) is 4.90 Å². The van der Waals surface area contributed by atoms with Crippen LogP contribution in [0.1, 0.15) is 22.4 Å². The molecule has 0 saturated heterocycles. The number of nitrogen functional groups attached to an aromatic ring is 1. The van der Waals surface area contributed by atoms with Gasteiger partial charge in [0.1, 0.15) is 0 Å². The highest BCUT2D eigenvalue weighted by Crippen LogP contribution is 2.27. The molecule has 34 heavy (non-hydrogen) atoms. The zero-order valence-corrected chi connectivity index (χ0v) is 19.1. The van der Waals surface area contributed by atoms with E-state index < -0.39 is 0 Å². The molecule has 168 valence electrons. The molecule has 2 N–H and O–H groups in total. The maximum atomic E-state index is 5.84. The van der Waals surface area contributed by atoms with Crippen LogP contribution in [-0.4, -0.2) is 26.0 Å². The molecule has 0 amide bonds. The van der Waals surface area contributed by atoms with Crippen molar-refractivity contribution in [3.05, 3.63) is 114 Å². The molecule has 0 aliphatic carbocycles. The van der Waals surface area contributed by atoms with Crippen molar-refractivity contribution >= 4 is 16.6 Å². The highest BCUT2D eigenvalue weighted by atomic mass is 15.1. The van der Waals surface area contributed by atoms with Crippen LogP contribution in [0.4, 0.5) is 5.69 Å². The van der Waals surface area contributed by atoms with Crippen molar-refractivity contribution in [3.8, 4) is 11.4 Å². The van der Waals surface area contributed by atoms with Gasteiger partial charge in [0.2, 0.25) is 0 Å². The minimum absolute atomic E-state index is 0.749. The van der Waals surface area contributed by atoms with Crippen molar-refractivity contribution in [2.24, 2.45) is 0 Å². The quantitative estimate of drug-likeness (QED) is 0.374. The number of rotatable bonds is 5. The summed E-state index contributed by atoms with van der Waals surface area (Å²) in [6.07, 6.45) is 5.30. The van der Waals surface area contributed by atoms with Gasteiger partial charge in [-0.15, -0.1) is 0 Å². The number of hydrogen-bond donors (Lipinski definition) is 1. The zero-order chi connectivity index (χ0) is 22.9. The third kappa shape index (κ3) is 4.06. The molecule has 0 unspecified atom stereocenters. The second-order valence-electron chi connectivity index (χ2n) is 9.03. The van der Waals surface area contributed by atoms with E-state index in [1.807, 2.05) is 30.5 Å². The summed E-state index contributed by atoms with van der Waals surface area (Å²) in [5, 5.41) is 1.33. The van der Waals surface area contributed by atoms with E-state index >= 15 is 0 Å². The standard InChI is InChI=1S/C29H27N5/c30-25-12-10-22(11-13-25)29-31-16-23-14-15-33(20-27(23)32-29)18-24-19-34(17-21-6-2-1-3-7-21)28-9-5-4-8-26(24)28/h1-13,16,19H,14-15,17-18,20,30H2. The average molecular weight is 446 g/mol. The summed E-state index contributed by atoms with van der Waals surface area (Å²) in [6.45, 7) is 3.62. The number of hydrogen-bond acceptors (Lipinski definition) is 4. The number of fused-ring (bicyclic) bond motifs is 2. The maximum Gasteiger partial charge on any atom is 0.159 e. The van der Waals surface area contributed by atoms with E-state index in [-0.39, 0.29) is 0 Å². The Balaban J connectivity index is 1.26. The van der Waals surface area contributed by atoms with E-state index in [0.29, 0.717) is 0 Å². The Bertz CT molecular complexity index is 1440. The Hall–Kier alpha value is -3.96. The van der Waals surface area contributed by atoms with E-state index in [2.05, 4.69) is 75.2 Å². The highest BCUT2D eigenvalue weighted by Gasteiger charge is 2.20. The molecule has 5 aromatic rings. The van der Waals surface area contributed by atoms with Gasteiger partial charge < -0.3 is 10.3 Å². The SMILES string of the molecule is Nc1ccc(-c2ncc3c(n2)CN(Cc2cn(Cc4ccccc4)c4ccccc24)CC3)cc1. The van der Waals surface area contributed by atoms with Crippen LogP contribution >= 0.6 is 0 Å². The molecule has 0 spiro atoms.